The summed E-state index contributed by atoms with van der Waals surface area (Å²) in [5.41, 5.74) is 1.96. The van der Waals surface area contributed by atoms with E-state index in [2.05, 4.69) is 11.0 Å². The number of nitrogens with zero attached hydrogens (tertiary/aromatic N) is 3. The van der Waals surface area contributed by atoms with E-state index in [0.29, 0.717) is 19.6 Å². The van der Waals surface area contributed by atoms with Crippen molar-refractivity contribution in [1.82, 2.24) is 14.7 Å². The number of carbonyl (C=O) groups is 1. The molecule has 1 aromatic heterocycles. The fourth-order valence-electron chi connectivity index (χ4n) is 4.06. The Morgan fingerprint density at radius 3 is 2.73 bits per heavy atom. The summed E-state index contributed by atoms with van der Waals surface area (Å²) >= 11 is 0. The molecule has 8 heteroatoms. The highest BCUT2D eigenvalue weighted by atomic mass is 32.2. The lowest BCUT2D eigenvalue weighted by Crippen LogP contribution is -2.61. The molecular weight excluding hydrogens is 354 g/mol. The molecule has 2 aromatic rings. The zero-order valence-corrected chi connectivity index (χ0v) is 15.8. The second-order valence-electron chi connectivity index (χ2n) is 7.35. The normalized spacial score (nSPS) is 25.4. The number of rotatable bonds is 2. The summed E-state index contributed by atoms with van der Waals surface area (Å²) in [5, 5.41) is 1.04. The van der Waals surface area contributed by atoms with Crippen LogP contribution in [0.2, 0.25) is 0 Å². The van der Waals surface area contributed by atoms with E-state index in [4.69, 9.17) is 4.42 Å². The van der Waals surface area contributed by atoms with Gasteiger partial charge in [-0.25, -0.2) is 13.2 Å². The maximum atomic E-state index is 12.5. The van der Waals surface area contributed by atoms with Crippen LogP contribution >= 0.6 is 0 Å². The third kappa shape index (κ3) is 3.07. The minimum absolute atomic E-state index is 0.0501. The number of hydrogen-bond acceptors (Lipinski definition) is 5. The van der Waals surface area contributed by atoms with Crippen molar-refractivity contribution in [3.05, 3.63) is 36.1 Å². The molecule has 4 rings (SSSR count). The van der Waals surface area contributed by atoms with Crippen LogP contribution in [0, 0.1) is 0 Å². The van der Waals surface area contributed by atoms with Gasteiger partial charge in [0.2, 0.25) is 0 Å². The van der Waals surface area contributed by atoms with Crippen LogP contribution < -0.4 is 0 Å². The maximum absolute atomic E-state index is 12.5. The molecule has 0 radical (unpaired) electrons. The standard InChI is InChI=1S/C18H23N3O4S/c1-19(2)18(22)21-7-6-20(15-11-26(23,24)12-16(15)21)10-13-3-4-17-14(9-13)5-8-25-17/h3-5,8-9,15-16H,6-7,10-12H2,1-2H3/t15-,16+/m1/s1. The number of fused-ring (bicyclic) bond motifs is 2. The summed E-state index contributed by atoms with van der Waals surface area (Å²) in [6.07, 6.45) is 1.67. The van der Waals surface area contributed by atoms with Gasteiger partial charge in [0, 0.05) is 45.2 Å². The van der Waals surface area contributed by atoms with Crippen LogP contribution in [0.4, 0.5) is 4.79 Å². The molecule has 3 heterocycles. The van der Waals surface area contributed by atoms with Crippen LogP contribution in [-0.4, -0.2) is 79.9 Å². The molecule has 2 atom stereocenters. The van der Waals surface area contributed by atoms with E-state index in [-0.39, 0.29) is 29.6 Å². The smallest absolute Gasteiger partial charge is 0.319 e. The minimum Gasteiger partial charge on any atom is -0.464 e. The summed E-state index contributed by atoms with van der Waals surface area (Å²) in [5.74, 6) is 0.164. The molecule has 26 heavy (non-hydrogen) atoms. The first-order valence-corrected chi connectivity index (χ1v) is 10.5. The van der Waals surface area contributed by atoms with Crippen LogP contribution in [0.3, 0.4) is 0 Å². The lowest BCUT2D eigenvalue weighted by Gasteiger charge is -2.44. The Morgan fingerprint density at radius 2 is 1.96 bits per heavy atom. The van der Waals surface area contributed by atoms with Crippen LogP contribution in [-0.2, 0) is 16.4 Å². The van der Waals surface area contributed by atoms with E-state index >= 15 is 0 Å². The van der Waals surface area contributed by atoms with Crippen LogP contribution in [0.1, 0.15) is 5.56 Å². The van der Waals surface area contributed by atoms with Gasteiger partial charge in [-0.05, 0) is 23.8 Å². The average Bonchev–Trinajstić information content (AvgIpc) is 3.17. The van der Waals surface area contributed by atoms with Gasteiger partial charge < -0.3 is 14.2 Å². The predicted octanol–water partition coefficient (Wildman–Crippen LogP) is 1.40. The van der Waals surface area contributed by atoms with Crippen LogP contribution in [0.15, 0.2) is 34.9 Å². The summed E-state index contributed by atoms with van der Waals surface area (Å²) in [7, 11) is 0.262. The molecule has 2 fully saturated rings. The highest BCUT2D eigenvalue weighted by molar-refractivity contribution is 7.91. The lowest BCUT2D eigenvalue weighted by atomic mass is 10.0. The predicted molar refractivity (Wildman–Crippen MR) is 98.6 cm³/mol. The molecule has 0 N–H and O–H groups in total. The first-order chi connectivity index (χ1) is 12.3. The van der Waals surface area contributed by atoms with Gasteiger partial charge in [-0.15, -0.1) is 0 Å². The topological polar surface area (TPSA) is 74.1 Å². The molecule has 1 aromatic carbocycles. The molecule has 0 unspecified atom stereocenters. The highest BCUT2D eigenvalue weighted by Crippen LogP contribution is 2.29. The number of furan rings is 1. The van der Waals surface area contributed by atoms with Crippen molar-refractivity contribution in [2.24, 2.45) is 0 Å². The van der Waals surface area contributed by atoms with Crippen molar-refractivity contribution >= 4 is 26.8 Å². The number of amides is 2. The largest absolute Gasteiger partial charge is 0.464 e. The summed E-state index contributed by atoms with van der Waals surface area (Å²) in [6.45, 7) is 1.88. The number of sulfone groups is 1. The molecule has 2 amide bonds. The van der Waals surface area contributed by atoms with Crippen molar-refractivity contribution in [2.45, 2.75) is 18.6 Å². The van der Waals surface area contributed by atoms with Gasteiger partial charge in [-0.1, -0.05) is 6.07 Å². The van der Waals surface area contributed by atoms with E-state index in [1.807, 2.05) is 18.2 Å². The van der Waals surface area contributed by atoms with Gasteiger partial charge in [0.1, 0.15) is 5.58 Å². The second-order valence-corrected chi connectivity index (χ2v) is 9.50. The Morgan fingerprint density at radius 1 is 1.19 bits per heavy atom. The summed E-state index contributed by atoms with van der Waals surface area (Å²) in [6, 6.07) is 7.42. The van der Waals surface area contributed by atoms with Gasteiger partial charge in [-0.2, -0.15) is 0 Å². The Hall–Kier alpha value is -2.06. The van der Waals surface area contributed by atoms with Crippen LogP contribution in [0.5, 0.6) is 0 Å². The van der Waals surface area contributed by atoms with Crippen molar-refractivity contribution in [2.75, 3.05) is 38.7 Å². The first kappa shape index (κ1) is 17.4. The molecule has 0 spiro atoms. The van der Waals surface area contributed by atoms with Crippen molar-refractivity contribution in [3.8, 4) is 0 Å². The molecule has 0 bridgehead atoms. The van der Waals surface area contributed by atoms with Gasteiger partial charge in [-0.3, -0.25) is 4.90 Å². The number of benzene rings is 1. The van der Waals surface area contributed by atoms with Crippen molar-refractivity contribution < 1.29 is 17.6 Å². The van der Waals surface area contributed by atoms with Crippen molar-refractivity contribution in [1.29, 1.82) is 0 Å². The zero-order chi connectivity index (χ0) is 18.5. The molecular formula is C18H23N3O4S. The Labute approximate surface area is 153 Å². The summed E-state index contributed by atoms with van der Waals surface area (Å²) < 4.78 is 29.9. The molecule has 0 saturated carbocycles. The van der Waals surface area contributed by atoms with Gasteiger partial charge in [0.05, 0.1) is 23.8 Å². The van der Waals surface area contributed by atoms with E-state index in [9.17, 15) is 13.2 Å². The third-order valence-electron chi connectivity index (χ3n) is 5.32. The van der Waals surface area contributed by atoms with E-state index in [1.54, 1.807) is 25.3 Å². The van der Waals surface area contributed by atoms with Crippen molar-refractivity contribution in [3.63, 3.8) is 0 Å². The van der Waals surface area contributed by atoms with Crippen LogP contribution in [0.25, 0.3) is 11.0 Å². The number of hydrogen-bond donors (Lipinski definition) is 0. The Kier molecular flexibility index (Phi) is 4.19. The zero-order valence-electron chi connectivity index (χ0n) is 15.0. The maximum Gasteiger partial charge on any atom is 0.319 e. The summed E-state index contributed by atoms with van der Waals surface area (Å²) in [4.78, 5) is 17.9. The number of urea groups is 1. The minimum atomic E-state index is -3.14. The number of carbonyl (C=O) groups excluding carboxylic acids is 1. The fourth-order valence-corrected chi connectivity index (χ4v) is 6.08. The molecule has 2 saturated heterocycles. The number of piperazine rings is 1. The van der Waals surface area contributed by atoms with Gasteiger partial charge >= 0.3 is 6.03 Å². The third-order valence-corrected chi connectivity index (χ3v) is 7.02. The SMILES string of the molecule is CN(C)C(=O)N1CCN(Cc2ccc3occc3c2)[C@@H]2CS(=O)(=O)C[C@@H]21. The molecule has 2 aliphatic heterocycles. The molecule has 2 aliphatic rings. The molecule has 0 aliphatic carbocycles. The van der Waals surface area contributed by atoms with E-state index in [0.717, 1.165) is 16.5 Å². The Balaban J connectivity index is 1.58. The second kappa shape index (κ2) is 6.28. The van der Waals surface area contributed by atoms with E-state index in [1.165, 1.54) is 4.90 Å². The molecule has 7 nitrogen and oxygen atoms in total. The first-order valence-electron chi connectivity index (χ1n) is 8.72. The molecule has 140 valence electrons. The van der Waals surface area contributed by atoms with Gasteiger partial charge in [0.25, 0.3) is 0 Å². The van der Waals surface area contributed by atoms with E-state index < -0.39 is 9.84 Å². The average molecular weight is 377 g/mol. The highest BCUT2D eigenvalue weighted by Gasteiger charge is 2.48. The quantitative estimate of drug-likeness (QED) is 0.791. The monoisotopic (exact) mass is 377 g/mol. The fraction of sp³-hybridized carbons (Fsp3) is 0.500. The lowest BCUT2D eigenvalue weighted by molar-refractivity contribution is 0.0521. The van der Waals surface area contributed by atoms with Gasteiger partial charge in [0.15, 0.2) is 9.84 Å². The Bertz CT molecular complexity index is 937.